The molecule has 44 heavy (non-hydrogen) atoms. The van der Waals surface area contributed by atoms with Crippen molar-refractivity contribution in [3.63, 3.8) is 0 Å². The minimum Gasteiger partial charge on any atom is -0.462 e. The summed E-state index contributed by atoms with van der Waals surface area (Å²) in [6, 6.07) is 0. The number of hydrogen-bond acceptors (Lipinski definition) is 5. The minimum absolute atomic E-state index is 0.0693. The molecule has 0 aromatic heterocycles. The first-order chi connectivity index (χ1) is 21.6. The van der Waals surface area contributed by atoms with Gasteiger partial charge in [0.2, 0.25) is 0 Å². The fourth-order valence-electron chi connectivity index (χ4n) is 5.35. The summed E-state index contributed by atoms with van der Waals surface area (Å²) in [4.78, 5) is 24.2. The smallest absolute Gasteiger partial charge is 0.306 e. The van der Waals surface area contributed by atoms with E-state index in [1.807, 2.05) is 0 Å². The van der Waals surface area contributed by atoms with Gasteiger partial charge in [0.15, 0.2) is 6.10 Å². The highest BCUT2D eigenvalue weighted by Crippen LogP contribution is 2.14. The number of unbranched alkanes of at least 4 members (excludes halogenated alkanes) is 22. The first-order valence-corrected chi connectivity index (χ1v) is 18.9. The summed E-state index contributed by atoms with van der Waals surface area (Å²) in [7, 11) is 0. The van der Waals surface area contributed by atoms with Gasteiger partial charge in [0, 0.05) is 12.8 Å². The second-order valence-electron chi connectivity index (χ2n) is 12.7. The lowest BCUT2D eigenvalue weighted by Gasteiger charge is -2.15. The Bertz CT molecular complexity index is 671. The molecule has 5 nitrogen and oxygen atoms in total. The van der Waals surface area contributed by atoms with Crippen molar-refractivity contribution in [3.8, 4) is 0 Å². The normalized spacial score (nSPS) is 12.3. The quantitative estimate of drug-likeness (QED) is 0.0440. The Kier molecular flexibility index (Phi) is 34.5. The maximum absolute atomic E-state index is 12.1. The summed E-state index contributed by atoms with van der Waals surface area (Å²) in [5, 5.41) is 9.53. The average Bonchev–Trinajstić information content (AvgIpc) is 3.02. The number of rotatable bonds is 34. The second-order valence-corrected chi connectivity index (χ2v) is 12.7. The number of allylic oxidation sites excluding steroid dienone is 4. The van der Waals surface area contributed by atoms with Crippen molar-refractivity contribution < 1.29 is 24.2 Å². The van der Waals surface area contributed by atoms with Crippen LogP contribution in [0.1, 0.15) is 194 Å². The van der Waals surface area contributed by atoms with Gasteiger partial charge in [0.05, 0.1) is 6.61 Å². The van der Waals surface area contributed by atoms with Crippen LogP contribution in [0.25, 0.3) is 0 Å². The second kappa shape index (κ2) is 35.9. The van der Waals surface area contributed by atoms with Crippen LogP contribution in [-0.2, 0) is 19.1 Å². The van der Waals surface area contributed by atoms with Gasteiger partial charge in [-0.1, -0.05) is 160 Å². The Morgan fingerprint density at radius 2 is 0.909 bits per heavy atom. The largest absolute Gasteiger partial charge is 0.462 e. The molecule has 0 saturated carbocycles. The molecular weight excluding hydrogens is 548 g/mol. The Morgan fingerprint density at radius 1 is 0.523 bits per heavy atom. The molecule has 1 N–H and O–H groups in total. The standard InChI is InChI=1S/C39H72O5/c1-3-5-7-9-11-13-15-17-19-21-23-25-27-29-31-33-38(41)43-36-37(35-40)44-39(42)34-32-30-28-26-24-22-20-18-16-14-12-10-8-6-4-2/h11,13,17,19,37,40H,3-10,12,14-16,18,20-36H2,1-2H3/b13-11+,19-17+/t37-/m0/s1. The van der Waals surface area contributed by atoms with Crippen LogP contribution in [0.15, 0.2) is 24.3 Å². The van der Waals surface area contributed by atoms with Crippen molar-refractivity contribution >= 4 is 11.9 Å². The van der Waals surface area contributed by atoms with Crippen LogP contribution in [0.2, 0.25) is 0 Å². The SMILES string of the molecule is CCCCC/C=C/C/C=C/CCCCCCCC(=O)OC[C@H](CO)OC(=O)CCCCCCCCCCCCCCCCC. The van der Waals surface area contributed by atoms with Crippen LogP contribution >= 0.6 is 0 Å². The van der Waals surface area contributed by atoms with Crippen molar-refractivity contribution in [1.29, 1.82) is 0 Å². The summed E-state index contributed by atoms with van der Waals surface area (Å²) < 4.78 is 10.6. The number of esters is 2. The van der Waals surface area contributed by atoms with E-state index in [0.717, 1.165) is 51.4 Å². The predicted octanol–water partition coefficient (Wildman–Crippen LogP) is 11.5. The van der Waals surface area contributed by atoms with Crippen LogP contribution in [0.3, 0.4) is 0 Å². The molecule has 0 bridgehead atoms. The Hall–Kier alpha value is -1.62. The third-order valence-electron chi connectivity index (χ3n) is 8.25. The zero-order chi connectivity index (χ0) is 32.2. The van der Waals surface area contributed by atoms with Crippen LogP contribution in [-0.4, -0.2) is 36.4 Å². The number of hydrogen-bond donors (Lipinski definition) is 1. The highest BCUT2D eigenvalue weighted by molar-refractivity contribution is 5.70. The van der Waals surface area contributed by atoms with Crippen LogP contribution in [0.4, 0.5) is 0 Å². The molecule has 0 amide bonds. The first-order valence-electron chi connectivity index (χ1n) is 18.9. The first kappa shape index (κ1) is 42.4. The summed E-state index contributed by atoms with van der Waals surface area (Å²) in [5.41, 5.74) is 0. The molecule has 1 atom stereocenters. The maximum Gasteiger partial charge on any atom is 0.306 e. The molecule has 0 aliphatic heterocycles. The summed E-state index contributed by atoms with van der Waals surface area (Å²) in [6.07, 6.45) is 40.9. The van der Waals surface area contributed by atoms with E-state index in [-0.39, 0.29) is 25.2 Å². The average molecular weight is 621 g/mol. The van der Waals surface area contributed by atoms with Gasteiger partial charge in [-0.05, 0) is 44.9 Å². The fourth-order valence-corrected chi connectivity index (χ4v) is 5.35. The van der Waals surface area contributed by atoms with Gasteiger partial charge in [-0.25, -0.2) is 0 Å². The van der Waals surface area contributed by atoms with Crippen LogP contribution < -0.4 is 0 Å². The summed E-state index contributed by atoms with van der Waals surface area (Å²) in [6.45, 7) is 4.10. The van der Waals surface area contributed by atoms with Gasteiger partial charge in [-0.3, -0.25) is 9.59 Å². The van der Waals surface area contributed by atoms with E-state index in [9.17, 15) is 14.7 Å². The van der Waals surface area contributed by atoms with Gasteiger partial charge in [0.25, 0.3) is 0 Å². The molecule has 0 spiro atoms. The Labute approximate surface area is 273 Å². The van der Waals surface area contributed by atoms with Crippen molar-refractivity contribution in [1.82, 2.24) is 0 Å². The van der Waals surface area contributed by atoms with Gasteiger partial charge in [0.1, 0.15) is 6.61 Å². The monoisotopic (exact) mass is 621 g/mol. The van der Waals surface area contributed by atoms with E-state index in [1.165, 1.54) is 116 Å². The minimum atomic E-state index is -0.771. The topological polar surface area (TPSA) is 72.8 Å². The maximum atomic E-state index is 12.1. The number of ether oxygens (including phenoxy) is 2. The number of carbonyl (C=O) groups is 2. The van der Waals surface area contributed by atoms with Gasteiger partial charge in [-0.2, -0.15) is 0 Å². The van der Waals surface area contributed by atoms with Gasteiger partial charge >= 0.3 is 11.9 Å². The van der Waals surface area contributed by atoms with Crippen LogP contribution in [0, 0.1) is 0 Å². The molecule has 0 aromatic carbocycles. The number of aliphatic hydroxyl groups excluding tert-OH is 1. The molecule has 0 fully saturated rings. The van der Waals surface area contributed by atoms with Crippen molar-refractivity contribution in [2.45, 2.75) is 200 Å². The zero-order valence-corrected chi connectivity index (χ0v) is 29.2. The van der Waals surface area contributed by atoms with E-state index in [1.54, 1.807) is 0 Å². The van der Waals surface area contributed by atoms with E-state index in [2.05, 4.69) is 38.2 Å². The fraction of sp³-hybridized carbons (Fsp3) is 0.846. The van der Waals surface area contributed by atoms with Crippen molar-refractivity contribution in [2.24, 2.45) is 0 Å². The molecular formula is C39H72O5. The molecule has 258 valence electrons. The van der Waals surface area contributed by atoms with Crippen molar-refractivity contribution in [2.75, 3.05) is 13.2 Å². The van der Waals surface area contributed by atoms with E-state index in [0.29, 0.717) is 12.8 Å². The molecule has 0 heterocycles. The van der Waals surface area contributed by atoms with E-state index >= 15 is 0 Å². The molecule has 0 rings (SSSR count). The lowest BCUT2D eigenvalue weighted by molar-refractivity contribution is -0.161. The van der Waals surface area contributed by atoms with Crippen LogP contribution in [0.5, 0.6) is 0 Å². The lowest BCUT2D eigenvalue weighted by Crippen LogP contribution is -2.28. The molecule has 0 saturated heterocycles. The summed E-state index contributed by atoms with van der Waals surface area (Å²) in [5.74, 6) is -0.601. The highest BCUT2D eigenvalue weighted by atomic mass is 16.6. The highest BCUT2D eigenvalue weighted by Gasteiger charge is 2.16. The predicted molar refractivity (Wildman–Crippen MR) is 187 cm³/mol. The molecule has 0 unspecified atom stereocenters. The van der Waals surface area contributed by atoms with E-state index < -0.39 is 6.10 Å². The molecule has 0 aromatic rings. The third kappa shape index (κ3) is 33.3. The third-order valence-corrected chi connectivity index (χ3v) is 8.25. The Morgan fingerprint density at radius 3 is 1.39 bits per heavy atom. The lowest BCUT2D eigenvalue weighted by atomic mass is 10.0. The molecule has 0 aliphatic rings. The number of carbonyl (C=O) groups excluding carboxylic acids is 2. The molecule has 5 heteroatoms. The van der Waals surface area contributed by atoms with Gasteiger partial charge < -0.3 is 14.6 Å². The molecule has 0 aliphatic carbocycles. The summed E-state index contributed by atoms with van der Waals surface area (Å²) >= 11 is 0. The van der Waals surface area contributed by atoms with E-state index in [4.69, 9.17) is 9.47 Å². The Balaban J connectivity index is 3.56. The molecule has 0 radical (unpaired) electrons. The van der Waals surface area contributed by atoms with Crippen molar-refractivity contribution in [3.05, 3.63) is 24.3 Å². The number of aliphatic hydroxyl groups is 1. The zero-order valence-electron chi connectivity index (χ0n) is 29.2. The van der Waals surface area contributed by atoms with Gasteiger partial charge in [-0.15, -0.1) is 0 Å².